The Kier molecular flexibility index (Phi) is 5.84. The summed E-state index contributed by atoms with van der Waals surface area (Å²) < 4.78 is 5.16. The number of allylic oxidation sites excluding steroid dienone is 1. The lowest BCUT2D eigenvalue weighted by Crippen LogP contribution is -2.41. The first kappa shape index (κ1) is 21.3. The van der Waals surface area contributed by atoms with Crippen molar-refractivity contribution in [2.24, 2.45) is 16.8 Å². The highest BCUT2D eigenvalue weighted by Gasteiger charge is 2.43. The molecular weight excluding hydrogens is 422 g/mol. The predicted molar refractivity (Wildman–Crippen MR) is 125 cm³/mol. The highest BCUT2D eigenvalue weighted by atomic mass is 32.2. The number of carbonyl (C=O) groups is 2. The van der Waals surface area contributed by atoms with E-state index in [1.165, 1.54) is 38.1 Å². The van der Waals surface area contributed by atoms with E-state index in [1.807, 2.05) is 47.6 Å². The van der Waals surface area contributed by atoms with Gasteiger partial charge < -0.3 is 15.0 Å². The lowest BCUT2D eigenvalue weighted by Gasteiger charge is -2.36. The molecule has 2 bridgehead atoms. The van der Waals surface area contributed by atoms with Gasteiger partial charge in [-0.25, -0.2) is 9.79 Å². The molecule has 4 atom stereocenters. The number of esters is 1. The molecule has 2 fully saturated rings. The molecule has 1 aromatic rings. The average molecular weight is 452 g/mol. The summed E-state index contributed by atoms with van der Waals surface area (Å²) in [5.41, 5.74) is 3.14. The van der Waals surface area contributed by atoms with Crippen molar-refractivity contribution in [1.82, 2.24) is 10.2 Å². The number of amidine groups is 1. The van der Waals surface area contributed by atoms with Gasteiger partial charge in [0, 0.05) is 11.7 Å². The fraction of sp³-hybridized carbons (Fsp3) is 0.480. The zero-order valence-electron chi connectivity index (χ0n) is 18.5. The number of methoxy groups -OCH3 is 1. The maximum absolute atomic E-state index is 13.0. The summed E-state index contributed by atoms with van der Waals surface area (Å²) in [6, 6.07) is 9.88. The number of nitrogens with zero attached hydrogens (tertiary/aromatic N) is 2. The van der Waals surface area contributed by atoms with Gasteiger partial charge in [0.05, 0.1) is 30.8 Å². The number of thioether (sulfide) groups is 1. The van der Waals surface area contributed by atoms with Crippen molar-refractivity contribution in [3.63, 3.8) is 0 Å². The molecule has 0 spiro atoms. The highest BCUT2D eigenvalue weighted by Crippen LogP contribution is 2.46. The first-order valence-corrected chi connectivity index (χ1v) is 12.4. The normalized spacial score (nSPS) is 28.4. The molecule has 6 nitrogen and oxygen atoms in total. The number of nitrogens with one attached hydrogen (secondary N) is 1. The van der Waals surface area contributed by atoms with E-state index in [0.717, 1.165) is 34.5 Å². The van der Waals surface area contributed by atoms with Crippen molar-refractivity contribution in [3.8, 4) is 0 Å². The predicted octanol–water partition coefficient (Wildman–Crippen LogP) is 4.52. The van der Waals surface area contributed by atoms with Gasteiger partial charge in [0.1, 0.15) is 0 Å². The lowest BCUT2D eigenvalue weighted by molar-refractivity contribution is -0.136. The van der Waals surface area contributed by atoms with Crippen LogP contribution in [0, 0.1) is 11.8 Å². The van der Waals surface area contributed by atoms with Crippen LogP contribution in [0.15, 0.2) is 57.7 Å². The molecule has 0 saturated heterocycles. The zero-order valence-corrected chi connectivity index (χ0v) is 19.4. The molecule has 2 heterocycles. The summed E-state index contributed by atoms with van der Waals surface area (Å²) in [5, 5.41) is 6.11. The van der Waals surface area contributed by atoms with Crippen molar-refractivity contribution >= 4 is 28.8 Å². The Hall–Kier alpha value is -2.54. The smallest absolute Gasteiger partial charge is 0.338 e. The van der Waals surface area contributed by atoms with Crippen LogP contribution in [0.2, 0.25) is 0 Å². The third-order valence-corrected chi connectivity index (χ3v) is 8.06. The monoisotopic (exact) mass is 451 g/mol. The Morgan fingerprint density at radius 3 is 2.69 bits per heavy atom. The van der Waals surface area contributed by atoms with Crippen molar-refractivity contribution in [2.75, 3.05) is 7.11 Å². The van der Waals surface area contributed by atoms with Gasteiger partial charge in [-0.1, -0.05) is 55.4 Å². The molecule has 4 aliphatic rings. The van der Waals surface area contributed by atoms with E-state index in [1.54, 1.807) is 0 Å². The van der Waals surface area contributed by atoms with Crippen LogP contribution in [0.5, 0.6) is 0 Å². The van der Waals surface area contributed by atoms with E-state index in [4.69, 9.17) is 9.73 Å². The number of hydrogen-bond acceptors (Lipinski definition) is 6. The number of hydrogen-bond donors (Lipinski definition) is 1. The van der Waals surface area contributed by atoms with E-state index in [-0.39, 0.29) is 24.3 Å². The van der Waals surface area contributed by atoms with E-state index in [9.17, 15) is 9.59 Å². The van der Waals surface area contributed by atoms with Crippen molar-refractivity contribution in [2.45, 2.75) is 57.5 Å². The minimum atomic E-state index is -0.374. The van der Waals surface area contributed by atoms with Gasteiger partial charge >= 0.3 is 5.97 Å². The summed E-state index contributed by atoms with van der Waals surface area (Å²) in [5.74, 6) is 1.10. The molecule has 5 rings (SSSR count). The third kappa shape index (κ3) is 3.76. The van der Waals surface area contributed by atoms with Gasteiger partial charge in [-0.3, -0.25) is 4.79 Å². The molecule has 1 N–H and O–H groups in total. The number of fused-ring (bicyclic) bond motifs is 3. The zero-order chi connectivity index (χ0) is 22.2. The molecule has 0 aromatic heterocycles. The Balaban J connectivity index is 1.42. The Morgan fingerprint density at radius 1 is 1.22 bits per heavy atom. The summed E-state index contributed by atoms with van der Waals surface area (Å²) in [7, 11) is 1.40. The van der Waals surface area contributed by atoms with Gasteiger partial charge in [0.15, 0.2) is 5.17 Å². The van der Waals surface area contributed by atoms with Crippen molar-refractivity contribution in [3.05, 3.63) is 58.3 Å². The topological polar surface area (TPSA) is 71.0 Å². The van der Waals surface area contributed by atoms with Crippen LogP contribution in [0.1, 0.15) is 57.1 Å². The van der Waals surface area contributed by atoms with E-state index in [0.29, 0.717) is 24.0 Å². The number of amides is 1. The first-order valence-electron chi connectivity index (χ1n) is 11.5. The second kappa shape index (κ2) is 8.77. The number of rotatable bonds is 6. The fourth-order valence-electron chi connectivity index (χ4n) is 5.71. The molecule has 2 aliphatic heterocycles. The van der Waals surface area contributed by atoms with Gasteiger partial charge in [0.25, 0.3) is 0 Å². The van der Waals surface area contributed by atoms with Crippen LogP contribution in [-0.2, 0) is 14.3 Å². The molecule has 32 heavy (non-hydrogen) atoms. The summed E-state index contributed by atoms with van der Waals surface area (Å²) in [6.45, 7) is 2.00. The second-order valence-electron chi connectivity index (χ2n) is 9.04. The van der Waals surface area contributed by atoms with Crippen LogP contribution in [-0.4, -0.2) is 35.1 Å². The average Bonchev–Trinajstić information content (AvgIpc) is 3.54. The molecule has 168 valence electrons. The van der Waals surface area contributed by atoms with Crippen LogP contribution in [0.4, 0.5) is 0 Å². The Morgan fingerprint density at radius 2 is 2.03 bits per heavy atom. The molecule has 1 amide bonds. The van der Waals surface area contributed by atoms with E-state index in [2.05, 4.69) is 5.32 Å². The number of ether oxygens (including phenoxy) is 1. The van der Waals surface area contributed by atoms with E-state index >= 15 is 0 Å². The molecule has 0 unspecified atom stereocenters. The Labute approximate surface area is 193 Å². The number of aliphatic imine (C=N–C) groups is 1. The molecule has 2 aliphatic carbocycles. The minimum absolute atomic E-state index is 0.0485. The SMILES string of the molecule is CCC1=C(C(=O)OC)[C@H](c2ccccc2)N2C(CC(=O)N[C@@H]3C[C@H]4CC[C@H]3C4)=CSC2=N1. The van der Waals surface area contributed by atoms with Gasteiger partial charge in [-0.15, -0.1) is 0 Å². The summed E-state index contributed by atoms with van der Waals surface area (Å²) in [6.07, 6.45) is 5.83. The molecule has 2 saturated carbocycles. The van der Waals surface area contributed by atoms with Crippen LogP contribution < -0.4 is 5.32 Å². The van der Waals surface area contributed by atoms with Crippen LogP contribution >= 0.6 is 11.8 Å². The largest absolute Gasteiger partial charge is 0.466 e. The molecule has 0 radical (unpaired) electrons. The first-order chi connectivity index (χ1) is 15.6. The fourth-order valence-corrected chi connectivity index (χ4v) is 6.64. The van der Waals surface area contributed by atoms with Gasteiger partial charge in [-0.05, 0) is 48.5 Å². The third-order valence-electron chi connectivity index (χ3n) is 7.17. The summed E-state index contributed by atoms with van der Waals surface area (Å²) in [4.78, 5) is 32.7. The minimum Gasteiger partial charge on any atom is -0.466 e. The highest BCUT2D eigenvalue weighted by molar-refractivity contribution is 8.16. The summed E-state index contributed by atoms with van der Waals surface area (Å²) >= 11 is 1.52. The van der Waals surface area contributed by atoms with Crippen molar-refractivity contribution in [1.29, 1.82) is 0 Å². The van der Waals surface area contributed by atoms with Crippen LogP contribution in [0.3, 0.4) is 0 Å². The lowest BCUT2D eigenvalue weighted by atomic mass is 9.92. The quantitative estimate of drug-likeness (QED) is 0.644. The standard InChI is InChI=1S/C25H29N3O3S/c1-3-19-22(24(30)31-2)23(16-7-5-4-6-8-16)28-18(14-32-25(28)27-19)13-21(29)26-20-12-15-9-10-17(20)11-15/h4-8,14-15,17,20,23H,3,9-13H2,1-2H3,(H,26,29)/t15-,17-,20+,23-/m0/s1. The number of carbonyl (C=O) groups excluding carboxylic acids is 2. The second-order valence-corrected chi connectivity index (χ2v) is 9.87. The number of benzene rings is 1. The maximum Gasteiger partial charge on any atom is 0.338 e. The molecule has 7 heteroatoms. The van der Waals surface area contributed by atoms with Gasteiger partial charge in [0.2, 0.25) is 5.91 Å². The van der Waals surface area contributed by atoms with Crippen LogP contribution in [0.25, 0.3) is 0 Å². The van der Waals surface area contributed by atoms with E-state index < -0.39 is 0 Å². The van der Waals surface area contributed by atoms with Gasteiger partial charge in [-0.2, -0.15) is 0 Å². The maximum atomic E-state index is 13.0. The Bertz CT molecular complexity index is 1020. The van der Waals surface area contributed by atoms with Crippen molar-refractivity contribution < 1.29 is 14.3 Å². The molecular formula is C25H29N3O3S. The molecule has 1 aromatic carbocycles.